The number of nitrogens with one attached hydrogen (secondary N) is 1. The third-order valence-electron chi connectivity index (χ3n) is 4.13. The van der Waals surface area contributed by atoms with Crippen molar-refractivity contribution in [1.82, 2.24) is 4.90 Å². The highest BCUT2D eigenvalue weighted by molar-refractivity contribution is 6.31. The highest BCUT2D eigenvalue weighted by atomic mass is 35.5. The van der Waals surface area contributed by atoms with E-state index in [2.05, 4.69) is 17.3 Å². The summed E-state index contributed by atoms with van der Waals surface area (Å²) in [5, 5.41) is 3.64. The lowest BCUT2D eigenvalue weighted by atomic mass is 9.81. The summed E-state index contributed by atoms with van der Waals surface area (Å²) in [7, 11) is 2.14. The molecule has 1 aromatic carbocycles. The second-order valence-corrected chi connectivity index (χ2v) is 5.78. The summed E-state index contributed by atoms with van der Waals surface area (Å²) in [4.78, 5) is 14.5. The molecule has 2 aliphatic rings. The number of piperidine rings is 1. The number of carbonyl (C=O) groups excluding carboxylic acids is 1. The average Bonchev–Trinajstić information content (AvgIpc) is 2.65. The van der Waals surface area contributed by atoms with E-state index in [1.807, 2.05) is 18.2 Å². The maximum atomic E-state index is 12.2. The van der Waals surface area contributed by atoms with Crippen molar-refractivity contribution in [2.75, 3.05) is 25.5 Å². The number of carbonyl (C=O) groups is 1. The lowest BCUT2D eigenvalue weighted by Gasteiger charge is -2.31. The van der Waals surface area contributed by atoms with E-state index in [9.17, 15) is 4.79 Å². The Morgan fingerprint density at radius 3 is 2.78 bits per heavy atom. The summed E-state index contributed by atoms with van der Waals surface area (Å²) < 4.78 is 0. The van der Waals surface area contributed by atoms with Gasteiger partial charge in [0.2, 0.25) is 5.91 Å². The molecular weight excluding hydrogens is 248 g/mol. The topological polar surface area (TPSA) is 32.3 Å². The number of rotatable bonds is 1. The van der Waals surface area contributed by atoms with Gasteiger partial charge in [0, 0.05) is 10.7 Å². The average molecular weight is 265 g/mol. The van der Waals surface area contributed by atoms with Crippen LogP contribution in [-0.2, 0) is 4.79 Å². The fraction of sp³-hybridized carbons (Fsp3) is 0.500. The zero-order chi connectivity index (χ0) is 12.7. The lowest BCUT2D eigenvalue weighted by molar-refractivity contribution is -0.118. The van der Waals surface area contributed by atoms with Crippen molar-refractivity contribution >= 4 is 23.2 Å². The number of benzene rings is 1. The quantitative estimate of drug-likeness (QED) is 0.846. The van der Waals surface area contributed by atoms with E-state index < -0.39 is 0 Å². The van der Waals surface area contributed by atoms with Crippen molar-refractivity contribution in [2.24, 2.45) is 5.92 Å². The SMILES string of the molecule is CN1CCC(C2C(=O)Nc3cc(Cl)ccc32)CC1. The van der Waals surface area contributed by atoms with Gasteiger partial charge in [-0.3, -0.25) is 4.79 Å². The van der Waals surface area contributed by atoms with Gasteiger partial charge in [-0.1, -0.05) is 17.7 Å². The Morgan fingerprint density at radius 1 is 1.33 bits per heavy atom. The minimum absolute atomic E-state index is 0.0194. The first-order valence-corrected chi connectivity index (χ1v) is 6.82. The van der Waals surface area contributed by atoms with Crippen LogP contribution in [0.15, 0.2) is 18.2 Å². The van der Waals surface area contributed by atoms with Crippen LogP contribution < -0.4 is 5.32 Å². The van der Waals surface area contributed by atoms with Gasteiger partial charge in [0.05, 0.1) is 5.92 Å². The number of nitrogens with zero attached hydrogens (tertiary/aromatic N) is 1. The highest BCUT2D eigenvalue weighted by Gasteiger charge is 2.37. The van der Waals surface area contributed by atoms with Gasteiger partial charge in [0.25, 0.3) is 0 Å². The first kappa shape index (κ1) is 12.0. The smallest absolute Gasteiger partial charge is 0.232 e. The normalized spacial score (nSPS) is 25.0. The molecule has 0 bridgehead atoms. The molecule has 1 N–H and O–H groups in total. The first-order valence-electron chi connectivity index (χ1n) is 6.44. The highest BCUT2D eigenvalue weighted by Crippen LogP contribution is 2.42. The van der Waals surface area contributed by atoms with E-state index in [1.54, 1.807) is 0 Å². The molecule has 1 aromatic rings. The molecule has 0 radical (unpaired) electrons. The molecule has 1 saturated heterocycles. The maximum Gasteiger partial charge on any atom is 0.232 e. The molecule has 0 spiro atoms. The predicted octanol–water partition coefficient (Wildman–Crippen LogP) is 2.72. The summed E-state index contributed by atoms with van der Waals surface area (Å²) >= 11 is 5.97. The van der Waals surface area contributed by atoms with E-state index >= 15 is 0 Å². The third kappa shape index (κ3) is 2.02. The zero-order valence-corrected chi connectivity index (χ0v) is 11.2. The number of hydrogen-bond donors (Lipinski definition) is 1. The number of fused-ring (bicyclic) bond motifs is 1. The van der Waals surface area contributed by atoms with Crippen LogP contribution in [0, 0.1) is 5.92 Å². The first-order chi connectivity index (χ1) is 8.65. The van der Waals surface area contributed by atoms with Gasteiger partial charge in [-0.05, 0) is 56.6 Å². The van der Waals surface area contributed by atoms with E-state index in [1.165, 1.54) is 0 Å². The fourth-order valence-corrected chi connectivity index (χ4v) is 3.26. The Bertz CT molecular complexity index is 481. The van der Waals surface area contributed by atoms with Gasteiger partial charge in [0.1, 0.15) is 0 Å². The van der Waals surface area contributed by atoms with Crippen LogP contribution in [0.1, 0.15) is 24.3 Å². The summed E-state index contributed by atoms with van der Waals surface area (Å²) in [6.45, 7) is 2.16. The molecule has 18 heavy (non-hydrogen) atoms. The molecule has 2 heterocycles. The van der Waals surface area contributed by atoms with Crippen molar-refractivity contribution in [3.63, 3.8) is 0 Å². The van der Waals surface area contributed by atoms with Crippen LogP contribution in [0.4, 0.5) is 5.69 Å². The van der Waals surface area contributed by atoms with E-state index in [-0.39, 0.29) is 11.8 Å². The van der Waals surface area contributed by atoms with E-state index in [0.717, 1.165) is 37.2 Å². The molecule has 0 aromatic heterocycles. The largest absolute Gasteiger partial charge is 0.325 e. The Morgan fingerprint density at radius 2 is 2.06 bits per heavy atom. The number of halogens is 1. The van der Waals surface area contributed by atoms with Crippen molar-refractivity contribution in [3.8, 4) is 0 Å². The van der Waals surface area contributed by atoms with Gasteiger partial charge in [-0.25, -0.2) is 0 Å². The zero-order valence-electron chi connectivity index (χ0n) is 10.4. The van der Waals surface area contributed by atoms with Gasteiger partial charge in [0.15, 0.2) is 0 Å². The molecular formula is C14H17ClN2O. The molecule has 1 amide bonds. The number of likely N-dealkylation sites (tertiary alicyclic amines) is 1. The maximum absolute atomic E-state index is 12.2. The van der Waals surface area contributed by atoms with Crippen LogP contribution >= 0.6 is 11.6 Å². The second kappa shape index (κ2) is 4.56. The monoisotopic (exact) mass is 264 g/mol. The number of anilines is 1. The van der Waals surface area contributed by atoms with Gasteiger partial charge in [-0.2, -0.15) is 0 Å². The van der Waals surface area contributed by atoms with Crippen molar-refractivity contribution < 1.29 is 4.79 Å². The predicted molar refractivity (Wildman–Crippen MR) is 73.0 cm³/mol. The summed E-state index contributed by atoms with van der Waals surface area (Å²) in [5.41, 5.74) is 2.02. The van der Waals surface area contributed by atoms with Crippen LogP contribution in [-0.4, -0.2) is 30.9 Å². The van der Waals surface area contributed by atoms with Gasteiger partial charge in [-0.15, -0.1) is 0 Å². The molecule has 1 atom stereocenters. The van der Waals surface area contributed by atoms with Crippen LogP contribution in [0.5, 0.6) is 0 Å². The van der Waals surface area contributed by atoms with Crippen molar-refractivity contribution in [1.29, 1.82) is 0 Å². The molecule has 2 aliphatic heterocycles. The third-order valence-corrected chi connectivity index (χ3v) is 4.36. The van der Waals surface area contributed by atoms with Gasteiger partial charge >= 0.3 is 0 Å². The van der Waals surface area contributed by atoms with Crippen LogP contribution in [0.25, 0.3) is 0 Å². The molecule has 0 aliphatic carbocycles. The Kier molecular flexibility index (Phi) is 3.04. The Hall–Kier alpha value is -1.06. The lowest BCUT2D eigenvalue weighted by Crippen LogP contribution is -2.34. The van der Waals surface area contributed by atoms with E-state index in [4.69, 9.17) is 11.6 Å². The number of hydrogen-bond acceptors (Lipinski definition) is 2. The summed E-state index contributed by atoms with van der Waals surface area (Å²) in [6, 6.07) is 5.73. The molecule has 0 saturated carbocycles. The Balaban J connectivity index is 1.87. The molecule has 3 rings (SSSR count). The minimum atomic E-state index is 0.0194. The minimum Gasteiger partial charge on any atom is -0.325 e. The standard InChI is InChI=1S/C14H17ClN2O/c1-17-6-4-9(5-7-17)13-11-3-2-10(15)8-12(11)16-14(13)18/h2-3,8-9,13H,4-7H2,1H3,(H,16,18). The fourth-order valence-electron chi connectivity index (χ4n) is 3.09. The summed E-state index contributed by atoms with van der Waals surface area (Å²) in [6.07, 6.45) is 2.19. The molecule has 1 unspecified atom stereocenters. The van der Waals surface area contributed by atoms with Crippen LogP contribution in [0.3, 0.4) is 0 Å². The summed E-state index contributed by atoms with van der Waals surface area (Å²) in [5.74, 6) is 0.622. The Labute approximate surface area is 112 Å². The van der Waals surface area contributed by atoms with Crippen molar-refractivity contribution in [2.45, 2.75) is 18.8 Å². The van der Waals surface area contributed by atoms with Gasteiger partial charge < -0.3 is 10.2 Å². The number of amides is 1. The van der Waals surface area contributed by atoms with Crippen LogP contribution in [0.2, 0.25) is 5.02 Å². The molecule has 96 valence electrons. The molecule has 3 nitrogen and oxygen atoms in total. The van der Waals surface area contributed by atoms with E-state index in [0.29, 0.717) is 10.9 Å². The molecule has 4 heteroatoms. The molecule has 1 fully saturated rings. The van der Waals surface area contributed by atoms with Crippen molar-refractivity contribution in [3.05, 3.63) is 28.8 Å². The second-order valence-electron chi connectivity index (χ2n) is 5.34.